The lowest BCUT2D eigenvalue weighted by molar-refractivity contribution is 0.401. The van der Waals surface area contributed by atoms with Gasteiger partial charge in [-0.2, -0.15) is 0 Å². The quantitative estimate of drug-likeness (QED) is 0.701. The highest BCUT2D eigenvalue weighted by Gasteiger charge is 2.27. The van der Waals surface area contributed by atoms with Gasteiger partial charge in [0.25, 0.3) is 0 Å². The Labute approximate surface area is 107 Å². The summed E-state index contributed by atoms with van der Waals surface area (Å²) in [5, 5.41) is 0.0806. The van der Waals surface area contributed by atoms with Crippen molar-refractivity contribution >= 4 is 9.92 Å². The molecule has 0 radical (unpaired) electrons. The molecule has 0 fully saturated rings. The molecule has 0 bridgehead atoms. The van der Waals surface area contributed by atoms with Crippen LogP contribution in [-0.4, -0.2) is 33.9 Å². The van der Waals surface area contributed by atoms with Crippen LogP contribution in [-0.2, 0) is 9.92 Å². The van der Waals surface area contributed by atoms with Crippen molar-refractivity contribution < 1.29 is 4.21 Å². The predicted octanol–water partition coefficient (Wildman–Crippen LogP) is 3.09. The van der Waals surface area contributed by atoms with E-state index in [1.807, 2.05) is 18.2 Å². The summed E-state index contributed by atoms with van der Waals surface area (Å²) in [6.07, 6.45) is 3.24. The van der Waals surface area contributed by atoms with E-state index < -0.39 is 9.92 Å². The molecule has 4 heteroatoms. The average Bonchev–Trinajstić information content (AvgIpc) is 2.26. The number of nitrogens with zero attached hydrogens (tertiary/aromatic N) is 2. The predicted molar refractivity (Wildman–Crippen MR) is 75.4 cm³/mol. The van der Waals surface area contributed by atoms with E-state index in [0.29, 0.717) is 0 Å². The van der Waals surface area contributed by atoms with Crippen LogP contribution in [0.15, 0.2) is 16.0 Å². The second-order valence-electron chi connectivity index (χ2n) is 5.89. The molecule has 0 aromatic carbocycles. The summed E-state index contributed by atoms with van der Waals surface area (Å²) < 4.78 is 18.9. The van der Waals surface area contributed by atoms with Gasteiger partial charge in [0.1, 0.15) is 9.92 Å². The standard InChI is InChI=1S/C13H26N2OS/c1-11(2)17(16,14-6)15-9-7-12(8-10-15)13(3,4)5/h7,11H,8-10H2,1-6H3. The van der Waals surface area contributed by atoms with E-state index in [2.05, 4.69) is 31.2 Å². The molecule has 1 heterocycles. The topological polar surface area (TPSA) is 32.7 Å². The third kappa shape index (κ3) is 3.10. The summed E-state index contributed by atoms with van der Waals surface area (Å²) in [7, 11) is -0.529. The Morgan fingerprint density at radius 3 is 2.29 bits per heavy atom. The molecule has 17 heavy (non-hydrogen) atoms. The van der Waals surface area contributed by atoms with E-state index in [0.717, 1.165) is 19.5 Å². The van der Waals surface area contributed by atoms with Gasteiger partial charge in [0.05, 0.1) is 5.25 Å². The zero-order chi connectivity index (χ0) is 13.3. The van der Waals surface area contributed by atoms with Crippen LogP contribution >= 0.6 is 0 Å². The third-order valence-electron chi connectivity index (χ3n) is 3.38. The Bertz CT molecular complexity index is 410. The maximum atomic E-state index is 12.7. The molecular formula is C13H26N2OS. The van der Waals surface area contributed by atoms with Crippen molar-refractivity contribution in [1.82, 2.24) is 4.31 Å². The van der Waals surface area contributed by atoms with Crippen molar-refractivity contribution in [3.05, 3.63) is 11.6 Å². The molecule has 0 N–H and O–H groups in total. The molecule has 0 aliphatic carbocycles. The van der Waals surface area contributed by atoms with Crippen LogP contribution in [0, 0.1) is 5.41 Å². The first-order valence-corrected chi connectivity index (χ1v) is 7.84. The first kappa shape index (κ1) is 14.7. The Hall–Kier alpha value is -0.350. The second kappa shape index (κ2) is 5.11. The third-order valence-corrected chi connectivity index (χ3v) is 6.20. The van der Waals surface area contributed by atoms with Crippen molar-refractivity contribution in [2.75, 3.05) is 20.1 Å². The molecule has 3 nitrogen and oxygen atoms in total. The minimum atomic E-state index is -2.20. The minimum Gasteiger partial charge on any atom is -0.233 e. The normalized spacial score (nSPS) is 22.2. The van der Waals surface area contributed by atoms with Gasteiger partial charge in [-0.25, -0.2) is 12.9 Å². The lowest BCUT2D eigenvalue weighted by atomic mass is 9.83. The maximum absolute atomic E-state index is 12.7. The van der Waals surface area contributed by atoms with E-state index in [9.17, 15) is 4.21 Å². The fraction of sp³-hybridized carbons (Fsp3) is 0.846. The smallest absolute Gasteiger partial charge is 0.112 e. The Balaban J connectivity index is 2.90. The summed E-state index contributed by atoms with van der Waals surface area (Å²) in [6, 6.07) is 0. The average molecular weight is 258 g/mol. The van der Waals surface area contributed by atoms with E-state index >= 15 is 0 Å². The fourth-order valence-corrected chi connectivity index (χ4v) is 4.08. The zero-order valence-corrected chi connectivity index (χ0v) is 12.8. The molecule has 1 aliphatic heterocycles. The van der Waals surface area contributed by atoms with Gasteiger partial charge >= 0.3 is 0 Å². The molecule has 0 spiro atoms. The van der Waals surface area contributed by atoms with Gasteiger partial charge in [-0.15, -0.1) is 0 Å². The lowest BCUT2D eigenvalue weighted by Crippen LogP contribution is -2.40. The van der Waals surface area contributed by atoms with Crippen LogP contribution in [0.5, 0.6) is 0 Å². The number of rotatable bonds is 2. The van der Waals surface area contributed by atoms with E-state index in [1.165, 1.54) is 5.57 Å². The SMILES string of the molecule is CN=S(=O)(C(C)C)N1CC=C(C(C)(C)C)CC1. The van der Waals surface area contributed by atoms with Crippen molar-refractivity contribution in [2.45, 2.75) is 46.3 Å². The fourth-order valence-electron chi connectivity index (χ4n) is 2.19. The summed E-state index contributed by atoms with van der Waals surface area (Å²) in [5.74, 6) is 0. The van der Waals surface area contributed by atoms with Gasteiger partial charge in [-0.05, 0) is 25.7 Å². The maximum Gasteiger partial charge on any atom is 0.112 e. The van der Waals surface area contributed by atoms with Gasteiger partial charge in [0.2, 0.25) is 0 Å². The highest BCUT2D eigenvalue weighted by atomic mass is 32.2. The van der Waals surface area contributed by atoms with E-state index in [4.69, 9.17) is 0 Å². The minimum absolute atomic E-state index is 0.0806. The lowest BCUT2D eigenvalue weighted by Gasteiger charge is -2.34. The number of hydrogen-bond donors (Lipinski definition) is 0. The molecule has 1 aliphatic rings. The van der Waals surface area contributed by atoms with E-state index in [-0.39, 0.29) is 10.7 Å². The molecule has 100 valence electrons. The van der Waals surface area contributed by atoms with Crippen LogP contribution in [0.2, 0.25) is 0 Å². The van der Waals surface area contributed by atoms with Gasteiger partial charge < -0.3 is 0 Å². The molecular weight excluding hydrogens is 232 g/mol. The molecule has 0 aromatic rings. The first-order chi connectivity index (χ1) is 7.71. The van der Waals surface area contributed by atoms with Crippen molar-refractivity contribution in [3.63, 3.8) is 0 Å². The van der Waals surface area contributed by atoms with Gasteiger partial charge in [0, 0.05) is 20.1 Å². The molecule has 0 amide bonds. The Kier molecular flexibility index (Phi) is 4.42. The Morgan fingerprint density at radius 2 is 2.00 bits per heavy atom. The number of hydrogen-bond acceptors (Lipinski definition) is 2. The second-order valence-corrected chi connectivity index (χ2v) is 8.79. The molecule has 1 atom stereocenters. The summed E-state index contributed by atoms with van der Waals surface area (Å²) >= 11 is 0. The van der Waals surface area contributed by atoms with Crippen LogP contribution in [0.25, 0.3) is 0 Å². The zero-order valence-electron chi connectivity index (χ0n) is 12.0. The monoisotopic (exact) mass is 258 g/mol. The van der Waals surface area contributed by atoms with Crippen LogP contribution in [0.3, 0.4) is 0 Å². The van der Waals surface area contributed by atoms with Crippen LogP contribution in [0.1, 0.15) is 41.0 Å². The molecule has 0 saturated carbocycles. The van der Waals surface area contributed by atoms with Gasteiger partial charge in [-0.1, -0.05) is 32.4 Å². The summed E-state index contributed by atoms with van der Waals surface area (Å²) in [6.45, 7) is 12.3. The van der Waals surface area contributed by atoms with Crippen LogP contribution in [0.4, 0.5) is 0 Å². The Morgan fingerprint density at radius 1 is 1.41 bits per heavy atom. The largest absolute Gasteiger partial charge is 0.233 e. The van der Waals surface area contributed by atoms with Crippen molar-refractivity contribution in [3.8, 4) is 0 Å². The summed E-state index contributed by atoms with van der Waals surface area (Å²) in [4.78, 5) is 0. The first-order valence-electron chi connectivity index (χ1n) is 6.30. The summed E-state index contributed by atoms with van der Waals surface area (Å²) in [5.41, 5.74) is 1.70. The van der Waals surface area contributed by atoms with E-state index in [1.54, 1.807) is 7.05 Å². The van der Waals surface area contributed by atoms with Gasteiger partial charge in [-0.3, -0.25) is 0 Å². The van der Waals surface area contributed by atoms with Crippen molar-refractivity contribution in [2.24, 2.45) is 9.78 Å². The highest BCUT2D eigenvalue weighted by Crippen LogP contribution is 2.31. The molecule has 0 aromatic heterocycles. The molecule has 1 rings (SSSR count). The van der Waals surface area contributed by atoms with Gasteiger partial charge in [0.15, 0.2) is 0 Å². The molecule has 1 unspecified atom stereocenters. The van der Waals surface area contributed by atoms with Crippen molar-refractivity contribution in [1.29, 1.82) is 0 Å². The molecule has 0 saturated heterocycles. The highest BCUT2D eigenvalue weighted by molar-refractivity contribution is 7.91. The van der Waals surface area contributed by atoms with Crippen LogP contribution < -0.4 is 0 Å².